The molecule has 1 amide bonds. The van der Waals surface area contributed by atoms with Gasteiger partial charge in [-0.15, -0.1) is 0 Å². The van der Waals surface area contributed by atoms with Crippen LogP contribution in [0.25, 0.3) is 0 Å². The Balaban J connectivity index is 0.000000134. The third-order valence-corrected chi connectivity index (χ3v) is 4.04. The Morgan fingerprint density at radius 1 is 1.39 bits per heavy atom. The number of rotatable bonds is 1. The summed E-state index contributed by atoms with van der Waals surface area (Å²) < 4.78 is 6.44. The van der Waals surface area contributed by atoms with Crippen molar-refractivity contribution < 1.29 is 9.53 Å². The zero-order valence-electron chi connectivity index (χ0n) is 10.7. The van der Waals surface area contributed by atoms with Crippen LogP contribution in [0.3, 0.4) is 0 Å². The highest BCUT2D eigenvalue weighted by Gasteiger charge is 2.37. The Hall–Kier alpha value is -0.870. The fourth-order valence-corrected chi connectivity index (χ4v) is 2.74. The summed E-state index contributed by atoms with van der Waals surface area (Å²) in [5, 5.41) is 0. The van der Waals surface area contributed by atoms with Crippen molar-refractivity contribution in [1.82, 2.24) is 4.90 Å². The second-order valence-electron chi connectivity index (χ2n) is 4.88. The van der Waals surface area contributed by atoms with Gasteiger partial charge in [0.25, 0.3) is 0 Å². The maximum absolute atomic E-state index is 10.3. The standard InChI is InChI=1S/C8H9Br.C6H9NO2/c1-6-3-4-8(9)5-7(6)2;8-4-7-2-6-1-5(7)3-9-6/h3-5H,1-2H3;4-6H,1-3H2/t;5-,6?/m.0/s1. The van der Waals surface area contributed by atoms with E-state index in [4.69, 9.17) is 4.74 Å². The Morgan fingerprint density at radius 3 is 2.56 bits per heavy atom. The monoisotopic (exact) mass is 311 g/mol. The summed E-state index contributed by atoms with van der Waals surface area (Å²) in [4.78, 5) is 12.1. The van der Waals surface area contributed by atoms with Crippen molar-refractivity contribution in [3.8, 4) is 0 Å². The van der Waals surface area contributed by atoms with E-state index < -0.39 is 0 Å². The highest BCUT2D eigenvalue weighted by atomic mass is 79.9. The van der Waals surface area contributed by atoms with Gasteiger partial charge in [0.2, 0.25) is 6.41 Å². The predicted molar refractivity (Wildman–Crippen MR) is 74.5 cm³/mol. The molecule has 2 aliphatic rings. The minimum absolute atomic E-state index is 0.347. The number of amides is 1. The Morgan fingerprint density at radius 2 is 2.17 bits per heavy atom. The van der Waals surface area contributed by atoms with Gasteiger partial charge in [0.05, 0.1) is 18.8 Å². The predicted octanol–water partition coefficient (Wildman–Crippen LogP) is 2.68. The molecule has 2 fully saturated rings. The van der Waals surface area contributed by atoms with Crippen molar-refractivity contribution in [3.05, 3.63) is 33.8 Å². The number of ether oxygens (including phenoxy) is 1. The van der Waals surface area contributed by atoms with Crippen molar-refractivity contribution in [2.45, 2.75) is 32.4 Å². The zero-order valence-corrected chi connectivity index (χ0v) is 12.3. The normalized spacial score (nSPS) is 24.7. The minimum Gasteiger partial charge on any atom is -0.374 e. The molecule has 0 aliphatic carbocycles. The molecule has 2 saturated heterocycles. The third-order valence-electron chi connectivity index (χ3n) is 3.55. The first-order valence-corrected chi connectivity index (χ1v) is 6.95. The van der Waals surface area contributed by atoms with Gasteiger partial charge in [0.1, 0.15) is 0 Å². The number of nitrogens with zero attached hydrogens (tertiary/aromatic N) is 1. The van der Waals surface area contributed by atoms with Gasteiger partial charge in [0.15, 0.2) is 0 Å². The number of morpholine rings is 1. The summed E-state index contributed by atoms with van der Waals surface area (Å²) >= 11 is 3.40. The summed E-state index contributed by atoms with van der Waals surface area (Å²) in [6.07, 6.45) is 2.33. The topological polar surface area (TPSA) is 29.5 Å². The molecule has 3 rings (SSSR count). The third kappa shape index (κ3) is 3.12. The molecule has 18 heavy (non-hydrogen) atoms. The quantitative estimate of drug-likeness (QED) is 0.746. The molecule has 0 radical (unpaired) electrons. The van der Waals surface area contributed by atoms with Gasteiger partial charge in [-0.05, 0) is 43.5 Å². The van der Waals surface area contributed by atoms with Crippen LogP contribution in [0, 0.1) is 13.8 Å². The molecule has 0 spiro atoms. The number of hydrogen-bond acceptors (Lipinski definition) is 2. The van der Waals surface area contributed by atoms with E-state index in [0.717, 1.165) is 30.5 Å². The van der Waals surface area contributed by atoms with Crippen molar-refractivity contribution in [3.63, 3.8) is 0 Å². The van der Waals surface area contributed by atoms with Gasteiger partial charge in [-0.3, -0.25) is 4.79 Å². The molecule has 98 valence electrons. The fraction of sp³-hybridized carbons (Fsp3) is 0.500. The lowest BCUT2D eigenvalue weighted by Crippen LogP contribution is -2.35. The van der Waals surface area contributed by atoms with Crippen molar-refractivity contribution in [2.75, 3.05) is 13.2 Å². The number of carbonyl (C=O) groups excluding carboxylic acids is 1. The number of aryl methyl sites for hydroxylation is 2. The van der Waals surface area contributed by atoms with Crippen LogP contribution in [0.15, 0.2) is 22.7 Å². The molecule has 0 N–H and O–H groups in total. The van der Waals surface area contributed by atoms with Crippen molar-refractivity contribution in [2.24, 2.45) is 0 Å². The highest BCUT2D eigenvalue weighted by molar-refractivity contribution is 9.10. The number of halogens is 1. The smallest absolute Gasteiger partial charge is 0.210 e. The van der Waals surface area contributed by atoms with Crippen LogP contribution in [0.5, 0.6) is 0 Å². The number of fused-ring (bicyclic) bond motifs is 2. The van der Waals surface area contributed by atoms with Crippen LogP contribution in [0.2, 0.25) is 0 Å². The van der Waals surface area contributed by atoms with Gasteiger partial charge in [0, 0.05) is 11.0 Å². The van der Waals surface area contributed by atoms with Crippen LogP contribution in [0.4, 0.5) is 0 Å². The van der Waals surface area contributed by atoms with Crippen LogP contribution in [-0.2, 0) is 9.53 Å². The van der Waals surface area contributed by atoms with Gasteiger partial charge >= 0.3 is 0 Å². The Kier molecular flexibility index (Phi) is 4.40. The van der Waals surface area contributed by atoms with Gasteiger partial charge in [-0.1, -0.05) is 22.0 Å². The Labute approximate surface area is 116 Å². The zero-order chi connectivity index (χ0) is 13.1. The van der Waals surface area contributed by atoms with Gasteiger partial charge in [-0.2, -0.15) is 0 Å². The van der Waals surface area contributed by atoms with E-state index in [1.165, 1.54) is 11.1 Å². The number of carbonyl (C=O) groups is 1. The van der Waals surface area contributed by atoms with Crippen molar-refractivity contribution in [1.29, 1.82) is 0 Å². The fourth-order valence-electron chi connectivity index (χ4n) is 2.26. The summed E-state index contributed by atoms with van der Waals surface area (Å²) in [7, 11) is 0. The first kappa shape index (κ1) is 13.6. The van der Waals surface area contributed by atoms with E-state index in [1.807, 2.05) is 4.90 Å². The van der Waals surface area contributed by atoms with E-state index >= 15 is 0 Å². The molecule has 2 bridgehead atoms. The molecular formula is C14H18BrNO2. The summed E-state index contributed by atoms with van der Waals surface area (Å²) in [6, 6.07) is 6.68. The first-order valence-electron chi connectivity index (χ1n) is 6.15. The molecule has 4 heteroatoms. The minimum atomic E-state index is 0.347. The summed E-state index contributed by atoms with van der Waals surface area (Å²) in [5.74, 6) is 0. The van der Waals surface area contributed by atoms with Crippen molar-refractivity contribution >= 4 is 22.3 Å². The van der Waals surface area contributed by atoms with E-state index in [1.54, 1.807) is 0 Å². The SMILES string of the molecule is Cc1ccc(Br)cc1C.O=CN1CC2C[C@H]1CO2. The summed E-state index contributed by atoms with van der Waals surface area (Å²) in [6.45, 7) is 5.79. The van der Waals surface area contributed by atoms with E-state index in [-0.39, 0.29) is 0 Å². The first-order chi connectivity index (χ1) is 8.60. The maximum atomic E-state index is 10.3. The second kappa shape index (κ2) is 5.85. The summed E-state index contributed by atoms with van der Waals surface area (Å²) in [5.41, 5.74) is 2.68. The van der Waals surface area contributed by atoms with Gasteiger partial charge < -0.3 is 9.64 Å². The molecule has 3 nitrogen and oxygen atoms in total. The molecule has 1 aromatic carbocycles. The highest BCUT2D eigenvalue weighted by Crippen LogP contribution is 2.25. The Bertz CT molecular complexity index is 436. The number of hydrogen-bond donors (Lipinski definition) is 0. The lowest BCUT2D eigenvalue weighted by atomic mass is 10.1. The molecule has 0 aromatic heterocycles. The lowest BCUT2D eigenvalue weighted by molar-refractivity contribution is -0.122. The van der Waals surface area contributed by atoms with Crippen LogP contribution in [-0.4, -0.2) is 36.6 Å². The maximum Gasteiger partial charge on any atom is 0.210 e. The molecule has 1 aromatic rings. The van der Waals surface area contributed by atoms with E-state index in [2.05, 4.69) is 48.0 Å². The van der Waals surface area contributed by atoms with Gasteiger partial charge in [-0.25, -0.2) is 0 Å². The average molecular weight is 312 g/mol. The average Bonchev–Trinajstić information content (AvgIpc) is 2.97. The molecule has 1 unspecified atom stereocenters. The van der Waals surface area contributed by atoms with Crippen LogP contribution in [0.1, 0.15) is 17.5 Å². The largest absolute Gasteiger partial charge is 0.374 e. The lowest BCUT2D eigenvalue weighted by Gasteiger charge is -2.21. The molecule has 2 heterocycles. The molecular weight excluding hydrogens is 294 g/mol. The second-order valence-corrected chi connectivity index (χ2v) is 5.79. The van der Waals surface area contributed by atoms with E-state index in [0.29, 0.717) is 12.1 Å². The number of likely N-dealkylation sites (tertiary alicyclic amines) is 1. The van der Waals surface area contributed by atoms with Crippen LogP contribution < -0.4 is 0 Å². The molecule has 2 atom stereocenters. The number of benzene rings is 1. The molecule has 0 saturated carbocycles. The van der Waals surface area contributed by atoms with Crippen LogP contribution >= 0.6 is 15.9 Å². The molecule has 2 aliphatic heterocycles. The van der Waals surface area contributed by atoms with E-state index in [9.17, 15) is 4.79 Å².